The van der Waals surface area contributed by atoms with E-state index < -0.39 is 0 Å². The highest BCUT2D eigenvalue weighted by atomic mass is 16.5. The molecular weight excluding hydrogens is 236 g/mol. The zero-order valence-corrected chi connectivity index (χ0v) is 12.0. The third-order valence-electron chi connectivity index (χ3n) is 3.98. The molecule has 0 spiro atoms. The highest BCUT2D eigenvalue weighted by Gasteiger charge is 2.24. The number of rotatable bonds is 1. The van der Waals surface area contributed by atoms with Gasteiger partial charge in [-0.3, -0.25) is 0 Å². The van der Waals surface area contributed by atoms with Crippen LogP contribution in [0.1, 0.15) is 45.2 Å². The van der Waals surface area contributed by atoms with Crippen molar-refractivity contribution in [2.75, 3.05) is 13.2 Å². The van der Waals surface area contributed by atoms with Gasteiger partial charge in [-0.15, -0.1) is 0 Å². The summed E-state index contributed by atoms with van der Waals surface area (Å²) in [5, 5.41) is 1.29. The summed E-state index contributed by atoms with van der Waals surface area (Å²) in [6.07, 6.45) is 6.38. The van der Waals surface area contributed by atoms with E-state index in [1.54, 1.807) is 0 Å². The van der Waals surface area contributed by atoms with Gasteiger partial charge in [0.25, 0.3) is 0 Å². The maximum absolute atomic E-state index is 5.47. The first-order valence-corrected chi connectivity index (χ1v) is 7.11. The second kappa shape index (κ2) is 4.64. The van der Waals surface area contributed by atoms with Crippen LogP contribution in [0.5, 0.6) is 0 Å². The van der Waals surface area contributed by atoms with Gasteiger partial charge in [-0.25, -0.2) is 4.98 Å². The normalized spacial score (nSPS) is 18.1. The molecule has 19 heavy (non-hydrogen) atoms. The van der Waals surface area contributed by atoms with Crippen LogP contribution in [-0.4, -0.2) is 22.8 Å². The Morgan fingerprint density at radius 3 is 2.68 bits per heavy atom. The molecule has 3 rings (SSSR count). The Labute approximate surface area is 114 Å². The molecule has 1 aliphatic heterocycles. The molecule has 0 unspecified atom stereocenters. The lowest BCUT2D eigenvalue weighted by atomic mass is 9.87. The largest absolute Gasteiger partial charge is 0.381 e. The first-order valence-electron chi connectivity index (χ1n) is 7.11. The van der Waals surface area contributed by atoms with Crippen molar-refractivity contribution < 1.29 is 4.74 Å². The molecule has 3 heterocycles. The first-order chi connectivity index (χ1) is 9.07. The number of nitrogens with zero attached hydrogens (tertiary/aromatic N) is 2. The molecule has 1 aliphatic rings. The molecule has 2 aromatic rings. The molecule has 0 amide bonds. The Bertz CT molecular complexity index is 574. The molecule has 0 bridgehead atoms. The van der Waals surface area contributed by atoms with Crippen molar-refractivity contribution in [1.82, 2.24) is 9.55 Å². The summed E-state index contributed by atoms with van der Waals surface area (Å²) in [5.41, 5.74) is 2.67. The van der Waals surface area contributed by atoms with E-state index in [0.29, 0.717) is 6.04 Å². The van der Waals surface area contributed by atoms with Gasteiger partial charge in [0.05, 0.1) is 0 Å². The van der Waals surface area contributed by atoms with E-state index in [9.17, 15) is 0 Å². The van der Waals surface area contributed by atoms with Crippen molar-refractivity contribution in [3.8, 4) is 0 Å². The monoisotopic (exact) mass is 258 g/mol. The van der Waals surface area contributed by atoms with Gasteiger partial charge >= 0.3 is 0 Å². The molecule has 2 aromatic heterocycles. The van der Waals surface area contributed by atoms with Gasteiger partial charge in [-0.05, 0) is 36.0 Å². The third-order valence-corrected chi connectivity index (χ3v) is 3.98. The summed E-state index contributed by atoms with van der Waals surface area (Å²) in [7, 11) is 0. The van der Waals surface area contributed by atoms with Crippen LogP contribution in [0.3, 0.4) is 0 Å². The molecule has 0 aromatic carbocycles. The van der Waals surface area contributed by atoms with E-state index in [1.165, 1.54) is 10.9 Å². The van der Waals surface area contributed by atoms with Gasteiger partial charge in [0.2, 0.25) is 0 Å². The topological polar surface area (TPSA) is 27.1 Å². The highest BCUT2D eigenvalue weighted by molar-refractivity contribution is 5.81. The number of hydrogen-bond donors (Lipinski definition) is 0. The minimum Gasteiger partial charge on any atom is -0.381 e. The van der Waals surface area contributed by atoms with Crippen LogP contribution in [0, 0.1) is 0 Å². The van der Waals surface area contributed by atoms with E-state index in [2.05, 4.69) is 42.6 Å². The molecular formula is C16H22N2O. The Balaban J connectivity index is 2.14. The summed E-state index contributed by atoms with van der Waals surface area (Å²) in [6, 6.07) is 4.76. The zero-order chi connectivity index (χ0) is 13.5. The maximum Gasteiger partial charge on any atom is 0.140 e. The summed E-state index contributed by atoms with van der Waals surface area (Å²) < 4.78 is 7.85. The molecule has 0 N–H and O–H groups in total. The third kappa shape index (κ3) is 2.27. The molecule has 3 nitrogen and oxygen atoms in total. The van der Waals surface area contributed by atoms with Crippen LogP contribution >= 0.6 is 0 Å². The molecule has 1 fully saturated rings. The van der Waals surface area contributed by atoms with Gasteiger partial charge < -0.3 is 9.30 Å². The van der Waals surface area contributed by atoms with Gasteiger partial charge in [0.1, 0.15) is 5.65 Å². The van der Waals surface area contributed by atoms with Crippen molar-refractivity contribution >= 4 is 11.0 Å². The Morgan fingerprint density at radius 1 is 1.26 bits per heavy atom. The maximum atomic E-state index is 5.47. The summed E-state index contributed by atoms with van der Waals surface area (Å²) in [5.74, 6) is 0. The highest BCUT2D eigenvalue weighted by Crippen LogP contribution is 2.34. The molecule has 0 saturated carbocycles. The van der Waals surface area contributed by atoms with E-state index in [-0.39, 0.29) is 5.41 Å². The van der Waals surface area contributed by atoms with E-state index in [4.69, 9.17) is 4.74 Å². The molecule has 0 radical (unpaired) electrons. The predicted molar refractivity (Wildman–Crippen MR) is 77.5 cm³/mol. The number of aromatic nitrogens is 2. The SMILES string of the molecule is CC(C)(C)c1cn(C2CCOCC2)c2ncccc12. The summed E-state index contributed by atoms with van der Waals surface area (Å²) >= 11 is 0. The number of pyridine rings is 1. The van der Waals surface area contributed by atoms with Crippen LogP contribution in [0.25, 0.3) is 11.0 Å². The van der Waals surface area contributed by atoms with Gasteiger partial charge in [0.15, 0.2) is 0 Å². The Morgan fingerprint density at radius 2 is 2.00 bits per heavy atom. The average Bonchev–Trinajstić information content (AvgIpc) is 2.79. The van der Waals surface area contributed by atoms with Crippen molar-refractivity contribution in [3.05, 3.63) is 30.1 Å². The molecule has 0 aliphatic carbocycles. The molecule has 102 valence electrons. The van der Waals surface area contributed by atoms with E-state index in [1.807, 2.05) is 12.3 Å². The van der Waals surface area contributed by atoms with Crippen LogP contribution in [0.2, 0.25) is 0 Å². The molecule has 1 saturated heterocycles. The minimum absolute atomic E-state index is 0.150. The smallest absolute Gasteiger partial charge is 0.140 e. The zero-order valence-electron chi connectivity index (χ0n) is 12.0. The van der Waals surface area contributed by atoms with Crippen LogP contribution < -0.4 is 0 Å². The molecule has 0 atom stereocenters. The van der Waals surface area contributed by atoms with Crippen molar-refractivity contribution in [1.29, 1.82) is 0 Å². The Hall–Kier alpha value is -1.35. The predicted octanol–water partition coefficient (Wildman–Crippen LogP) is 3.69. The fraction of sp³-hybridized carbons (Fsp3) is 0.562. The fourth-order valence-electron chi connectivity index (χ4n) is 2.92. The van der Waals surface area contributed by atoms with Crippen molar-refractivity contribution in [2.45, 2.75) is 45.1 Å². The second-order valence-electron chi connectivity index (χ2n) is 6.42. The Kier molecular flexibility index (Phi) is 3.09. The fourth-order valence-corrected chi connectivity index (χ4v) is 2.92. The minimum atomic E-state index is 0.150. The lowest BCUT2D eigenvalue weighted by Crippen LogP contribution is -2.19. The first kappa shape index (κ1) is 12.7. The summed E-state index contributed by atoms with van der Waals surface area (Å²) in [4.78, 5) is 4.61. The van der Waals surface area contributed by atoms with Gasteiger partial charge in [0, 0.05) is 37.0 Å². The quantitative estimate of drug-likeness (QED) is 0.780. The standard InChI is InChI=1S/C16H22N2O/c1-16(2,3)14-11-18(12-6-9-19-10-7-12)15-13(14)5-4-8-17-15/h4-5,8,11-12H,6-7,9-10H2,1-3H3. The average molecular weight is 258 g/mol. The van der Waals surface area contributed by atoms with Crippen LogP contribution in [0.4, 0.5) is 0 Å². The lowest BCUT2D eigenvalue weighted by Gasteiger charge is -2.24. The molecule has 3 heteroatoms. The lowest BCUT2D eigenvalue weighted by molar-refractivity contribution is 0.0705. The van der Waals surface area contributed by atoms with Crippen LogP contribution in [0.15, 0.2) is 24.5 Å². The number of ether oxygens (including phenoxy) is 1. The second-order valence-corrected chi connectivity index (χ2v) is 6.42. The number of hydrogen-bond acceptors (Lipinski definition) is 2. The van der Waals surface area contributed by atoms with Crippen molar-refractivity contribution in [2.24, 2.45) is 0 Å². The van der Waals surface area contributed by atoms with Crippen molar-refractivity contribution in [3.63, 3.8) is 0 Å². The van der Waals surface area contributed by atoms with Crippen LogP contribution in [-0.2, 0) is 10.2 Å². The van der Waals surface area contributed by atoms with E-state index in [0.717, 1.165) is 31.7 Å². The van der Waals surface area contributed by atoms with E-state index >= 15 is 0 Å². The van der Waals surface area contributed by atoms with Gasteiger partial charge in [-0.1, -0.05) is 20.8 Å². The summed E-state index contributed by atoms with van der Waals surface area (Å²) in [6.45, 7) is 8.53. The number of fused-ring (bicyclic) bond motifs is 1. The van der Waals surface area contributed by atoms with Gasteiger partial charge in [-0.2, -0.15) is 0 Å².